The van der Waals surface area contributed by atoms with Gasteiger partial charge in [-0.1, -0.05) is 36.0 Å². The first-order chi connectivity index (χ1) is 10.7. The van der Waals surface area contributed by atoms with Crippen molar-refractivity contribution < 1.29 is 0 Å². The van der Waals surface area contributed by atoms with Crippen molar-refractivity contribution in [1.29, 1.82) is 0 Å². The molecule has 0 aliphatic heterocycles. The Morgan fingerprint density at radius 2 is 2.00 bits per heavy atom. The second-order valence-corrected chi connectivity index (χ2v) is 6.82. The van der Waals surface area contributed by atoms with Crippen LogP contribution in [0.25, 0.3) is 10.6 Å². The number of hydrogen-bond acceptors (Lipinski definition) is 5. The Bertz CT molecular complexity index is 776. The molecule has 0 amide bonds. The van der Waals surface area contributed by atoms with Gasteiger partial charge in [0.2, 0.25) is 0 Å². The number of thioether (sulfide) groups is 1. The first-order valence-electron chi connectivity index (χ1n) is 7.22. The minimum absolute atomic E-state index is 0.820. The molecule has 0 unspecified atom stereocenters. The van der Waals surface area contributed by atoms with Crippen LogP contribution in [0.4, 0.5) is 0 Å². The summed E-state index contributed by atoms with van der Waals surface area (Å²) in [4.78, 5) is 4.76. The highest BCUT2D eigenvalue weighted by Crippen LogP contribution is 2.29. The van der Waals surface area contributed by atoms with E-state index in [9.17, 15) is 0 Å². The zero-order valence-electron chi connectivity index (χ0n) is 12.9. The lowest BCUT2D eigenvalue weighted by atomic mass is 10.1. The van der Waals surface area contributed by atoms with Gasteiger partial charge in [-0.3, -0.25) is 0 Å². The maximum absolute atomic E-state index is 4.76. The lowest BCUT2D eigenvalue weighted by molar-refractivity contribution is 0.662. The van der Waals surface area contributed by atoms with Crippen LogP contribution in [0.2, 0.25) is 0 Å². The average molecular weight is 330 g/mol. The molecule has 3 aromatic rings. The molecule has 114 valence electrons. The molecule has 3 rings (SSSR count). The molecule has 0 aliphatic rings. The van der Waals surface area contributed by atoms with Gasteiger partial charge in [0.05, 0.1) is 5.69 Å². The standard InChI is InChI=1S/C16H18N4S2/c1-4-20-12(3)18-19-16(20)22-10-13-9-21-15(17-13)14-8-6-5-7-11(14)2/h5-9H,4,10H2,1-3H3. The molecule has 0 atom stereocenters. The zero-order valence-corrected chi connectivity index (χ0v) is 14.5. The quantitative estimate of drug-likeness (QED) is 0.653. The van der Waals surface area contributed by atoms with Crippen LogP contribution in [0.15, 0.2) is 34.8 Å². The van der Waals surface area contributed by atoms with E-state index in [1.165, 1.54) is 11.1 Å². The van der Waals surface area contributed by atoms with E-state index < -0.39 is 0 Å². The number of aromatic nitrogens is 4. The summed E-state index contributed by atoms with van der Waals surface area (Å²) in [5, 5.41) is 12.6. The van der Waals surface area contributed by atoms with Crippen LogP contribution in [-0.4, -0.2) is 19.7 Å². The van der Waals surface area contributed by atoms with Gasteiger partial charge in [0, 0.05) is 23.2 Å². The van der Waals surface area contributed by atoms with E-state index in [2.05, 4.69) is 58.3 Å². The van der Waals surface area contributed by atoms with Gasteiger partial charge in [-0.25, -0.2) is 4.98 Å². The van der Waals surface area contributed by atoms with Gasteiger partial charge in [-0.15, -0.1) is 21.5 Å². The van der Waals surface area contributed by atoms with Crippen molar-refractivity contribution in [2.75, 3.05) is 0 Å². The summed E-state index contributed by atoms with van der Waals surface area (Å²) >= 11 is 3.39. The summed E-state index contributed by atoms with van der Waals surface area (Å²) < 4.78 is 2.12. The summed E-state index contributed by atoms with van der Waals surface area (Å²) in [6.07, 6.45) is 0. The fourth-order valence-electron chi connectivity index (χ4n) is 2.28. The summed E-state index contributed by atoms with van der Waals surface area (Å²) in [7, 11) is 0. The van der Waals surface area contributed by atoms with Gasteiger partial charge >= 0.3 is 0 Å². The van der Waals surface area contributed by atoms with Crippen LogP contribution in [0.3, 0.4) is 0 Å². The van der Waals surface area contributed by atoms with E-state index in [0.29, 0.717) is 0 Å². The van der Waals surface area contributed by atoms with Crippen LogP contribution in [-0.2, 0) is 12.3 Å². The molecule has 0 N–H and O–H groups in total. The minimum Gasteiger partial charge on any atom is -0.307 e. The molecular formula is C16H18N4S2. The highest BCUT2D eigenvalue weighted by molar-refractivity contribution is 7.98. The third-order valence-electron chi connectivity index (χ3n) is 3.49. The fraction of sp³-hybridized carbons (Fsp3) is 0.312. The number of nitrogens with zero attached hydrogens (tertiary/aromatic N) is 4. The van der Waals surface area contributed by atoms with Crippen molar-refractivity contribution in [2.45, 2.75) is 38.2 Å². The number of aryl methyl sites for hydroxylation is 2. The van der Waals surface area contributed by atoms with E-state index in [1.54, 1.807) is 23.1 Å². The van der Waals surface area contributed by atoms with E-state index in [4.69, 9.17) is 4.98 Å². The summed E-state index contributed by atoms with van der Waals surface area (Å²) in [6.45, 7) is 7.11. The van der Waals surface area contributed by atoms with Gasteiger partial charge in [-0.2, -0.15) is 0 Å². The van der Waals surface area contributed by atoms with E-state index in [0.717, 1.165) is 34.0 Å². The normalized spacial score (nSPS) is 11.0. The largest absolute Gasteiger partial charge is 0.307 e. The number of hydrogen-bond donors (Lipinski definition) is 0. The van der Waals surface area contributed by atoms with E-state index in [1.807, 2.05) is 6.92 Å². The third-order valence-corrected chi connectivity index (χ3v) is 5.42. The molecule has 0 saturated carbocycles. The van der Waals surface area contributed by atoms with E-state index >= 15 is 0 Å². The maximum Gasteiger partial charge on any atom is 0.191 e. The van der Waals surface area contributed by atoms with Crippen LogP contribution >= 0.6 is 23.1 Å². The molecule has 2 heterocycles. The van der Waals surface area contributed by atoms with Crippen molar-refractivity contribution >= 4 is 23.1 Å². The van der Waals surface area contributed by atoms with Crippen molar-refractivity contribution in [3.8, 4) is 10.6 Å². The molecule has 0 bridgehead atoms. The van der Waals surface area contributed by atoms with Gasteiger partial charge in [0.25, 0.3) is 0 Å². The lowest BCUT2D eigenvalue weighted by Crippen LogP contribution is -1.99. The highest BCUT2D eigenvalue weighted by Gasteiger charge is 2.11. The minimum atomic E-state index is 0.820. The van der Waals surface area contributed by atoms with Crippen molar-refractivity contribution in [1.82, 2.24) is 19.7 Å². The fourth-order valence-corrected chi connectivity index (χ4v) is 4.24. The molecule has 1 aromatic carbocycles. The van der Waals surface area contributed by atoms with Gasteiger partial charge in [0.1, 0.15) is 10.8 Å². The Morgan fingerprint density at radius 1 is 1.18 bits per heavy atom. The Hall–Kier alpha value is -1.66. The molecule has 0 fully saturated rings. The smallest absolute Gasteiger partial charge is 0.191 e. The third kappa shape index (κ3) is 3.08. The number of benzene rings is 1. The summed E-state index contributed by atoms with van der Waals surface area (Å²) in [5.74, 6) is 1.78. The molecule has 22 heavy (non-hydrogen) atoms. The molecule has 0 saturated heterocycles. The summed E-state index contributed by atoms with van der Waals surface area (Å²) in [6, 6.07) is 8.37. The highest BCUT2D eigenvalue weighted by atomic mass is 32.2. The van der Waals surface area contributed by atoms with Crippen LogP contribution in [0.1, 0.15) is 24.0 Å². The van der Waals surface area contributed by atoms with Crippen LogP contribution in [0, 0.1) is 13.8 Å². The van der Waals surface area contributed by atoms with Crippen molar-refractivity contribution in [3.05, 3.63) is 46.7 Å². The van der Waals surface area contributed by atoms with Gasteiger partial charge in [-0.05, 0) is 26.3 Å². The predicted octanol–water partition coefficient (Wildman–Crippen LogP) is 4.33. The lowest BCUT2D eigenvalue weighted by Gasteiger charge is -2.03. The molecule has 6 heteroatoms. The number of thiazole rings is 1. The Balaban J connectivity index is 1.74. The number of rotatable bonds is 5. The van der Waals surface area contributed by atoms with Gasteiger partial charge in [0.15, 0.2) is 5.16 Å². The van der Waals surface area contributed by atoms with Crippen molar-refractivity contribution in [2.24, 2.45) is 0 Å². The topological polar surface area (TPSA) is 43.6 Å². The second-order valence-electron chi connectivity index (χ2n) is 5.02. The second kappa shape index (κ2) is 6.62. The molecule has 0 aliphatic carbocycles. The zero-order chi connectivity index (χ0) is 15.5. The predicted molar refractivity (Wildman–Crippen MR) is 92.3 cm³/mol. The molecule has 4 nitrogen and oxygen atoms in total. The van der Waals surface area contributed by atoms with Crippen LogP contribution in [0.5, 0.6) is 0 Å². The Labute approximate surface area is 138 Å². The first kappa shape index (κ1) is 15.2. The Kier molecular flexibility index (Phi) is 4.59. The molecule has 2 aromatic heterocycles. The van der Waals surface area contributed by atoms with E-state index in [-0.39, 0.29) is 0 Å². The molecule has 0 radical (unpaired) electrons. The molecular weight excluding hydrogens is 312 g/mol. The Morgan fingerprint density at radius 3 is 2.77 bits per heavy atom. The van der Waals surface area contributed by atoms with Crippen molar-refractivity contribution in [3.63, 3.8) is 0 Å². The first-order valence-corrected chi connectivity index (χ1v) is 9.08. The summed E-state index contributed by atoms with van der Waals surface area (Å²) in [5.41, 5.74) is 3.57. The monoisotopic (exact) mass is 330 g/mol. The SMILES string of the molecule is CCn1c(C)nnc1SCc1csc(-c2ccccc2C)n1. The van der Waals surface area contributed by atoms with Crippen LogP contribution < -0.4 is 0 Å². The average Bonchev–Trinajstić information content (AvgIpc) is 3.12. The maximum atomic E-state index is 4.76. The molecule has 0 spiro atoms. The van der Waals surface area contributed by atoms with Gasteiger partial charge < -0.3 is 4.57 Å².